The van der Waals surface area contributed by atoms with E-state index in [1.807, 2.05) is 6.92 Å². The van der Waals surface area contributed by atoms with E-state index in [1.54, 1.807) is 0 Å². The molecule has 94 valence electrons. The quantitative estimate of drug-likeness (QED) is 0.867. The molecular weight excluding hydrogens is 240 g/mol. The van der Waals surface area contributed by atoms with Crippen LogP contribution >= 0.6 is 11.6 Å². The largest absolute Gasteiger partial charge is 0.396 e. The standard InChI is InChI=1S/C11H17ClN4O/c1-7-3-4-9(6-17)5-16(7)11-13-8(2)10(12)14-15-11/h7,9,17H,3-6H2,1-2H3/t7-,9+/m1/s1. The first-order chi connectivity index (χ1) is 8.11. The molecule has 6 heteroatoms. The molecular formula is C11H17ClN4O. The number of halogens is 1. The van der Waals surface area contributed by atoms with Crippen LogP contribution in [0.15, 0.2) is 0 Å². The molecule has 0 spiro atoms. The first-order valence-electron chi connectivity index (χ1n) is 5.86. The zero-order valence-electron chi connectivity index (χ0n) is 10.1. The number of aromatic nitrogens is 3. The lowest BCUT2D eigenvalue weighted by atomic mass is 9.94. The van der Waals surface area contributed by atoms with Crippen molar-refractivity contribution in [1.29, 1.82) is 0 Å². The molecule has 0 amide bonds. The van der Waals surface area contributed by atoms with E-state index in [0.29, 0.717) is 28.8 Å². The van der Waals surface area contributed by atoms with Crippen LogP contribution < -0.4 is 4.90 Å². The van der Waals surface area contributed by atoms with Gasteiger partial charge in [-0.1, -0.05) is 11.6 Å². The molecule has 1 aromatic rings. The van der Waals surface area contributed by atoms with E-state index in [0.717, 1.165) is 19.4 Å². The van der Waals surface area contributed by atoms with Crippen molar-refractivity contribution in [2.45, 2.75) is 32.7 Å². The molecule has 0 aliphatic carbocycles. The Balaban J connectivity index is 2.21. The van der Waals surface area contributed by atoms with Crippen molar-refractivity contribution in [3.8, 4) is 0 Å². The van der Waals surface area contributed by atoms with E-state index in [9.17, 15) is 5.11 Å². The van der Waals surface area contributed by atoms with Gasteiger partial charge in [-0.05, 0) is 32.6 Å². The first kappa shape index (κ1) is 12.5. The highest BCUT2D eigenvalue weighted by atomic mass is 35.5. The molecule has 5 nitrogen and oxygen atoms in total. The van der Waals surface area contributed by atoms with Gasteiger partial charge >= 0.3 is 0 Å². The second kappa shape index (κ2) is 5.14. The molecule has 2 heterocycles. The van der Waals surface area contributed by atoms with E-state index in [1.165, 1.54) is 0 Å². The summed E-state index contributed by atoms with van der Waals surface area (Å²) in [6.07, 6.45) is 2.09. The number of aryl methyl sites for hydroxylation is 1. The number of anilines is 1. The Morgan fingerprint density at radius 1 is 1.41 bits per heavy atom. The molecule has 17 heavy (non-hydrogen) atoms. The lowest BCUT2D eigenvalue weighted by molar-refractivity contribution is 0.199. The van der Waals surface area contributed by atoms with Crippen molar-refractivity contribution in [3.05, 3.63) is 10.8 Å². The Bertz CT molecular complexity index is 401. The van der Waals surface area contributed by atoms with E-state index in [-0.39, 0.29) is 6.61 Å². The van der Waals surface area contributed by atoms with Gasteiger partial charge in [0.25, 0.3) is 0 Å². The molecule has 1 N–H and O–H groups in total. The predicted molar refractivity (Wildman–Crippen MR) is 66.2 cm³/mol. The maximum atomic E-state index is 9.24. The van der Waals surface area contributed by atoms with Gasteiger partial charge in [0.2, 0.25) is 5.95 Å². The molecule has 2 rings (SSSR count). The highest BCUT2D eigenvalue weighted by Crippen LogP contribution is 2.25. The summed E-state index contributed by atoms with van der Waals surface area (Å²) in [6, 6.07) is 0.375. The Morgan fingerprint density at radius 3 is 2.82 bits per heavy atom. The summed E-state index contributed by atoms with van der Waals surface area (Å²) < 4.78 is 0. The molecule has 0 saturated carbocycles. The molecule has 2 atom stereocenters. The lowest BCUT2D eigenvalue weighted by Gasteiger charge is -2.37. The molecule has 1 aliphatic heterocycles. The highest BCUT2D eigenvalue weighted by Gasteiger charge is 2.27. The van der Waals surface area contributed by atoms with Crippen molar-refractivity contribution < 1.29 is 5.11 Å². The van der Waals surface area contributed by atoms with Gasteiger partial charge in [0.05, 0.1) is 5.69 Å². The number of nitrogens with zero attached hydrogens (tertiary/aromatic N) is 4. The molecule has 1 aliphatic rings. The van der Waals surface area contributed by atoms with Crippen LogP contribution in [0.25, 0.3) is 0 Å². The average Bonchev–Trinajstić information content (AvgIpc) is 2.33. The minimum atomic E-state index is 0.212. The van der Waals surface area contributed by atoms with Gasteiger partial charge in [0.1, 0.15) is 0 Å². The normalized spacial score (nSPS) is 25.1. The number of hydrogen-bond acceptors (Lipinski definition) is 5. The zero-order valence-corrected chi connectivity index (χ0v) is 10.9. The van der Waals surface area contributed by atoms with Crippen molar-refractivity contribution in [2.75, 3.05) is 18.1 Å². The second-order valence-corrected chi connectivity index (χ2v) is 4.97. The van der Waals surface area contributed by atoms with Gasteiger partial charge in [-0.3, -0.25) is 0 Å². The van der Waals surface area contributed by atoms with Gasteiger partial charge < -0.3 is 10.0 Å². The molecule has 1 fully saturated rings. The Labute approximate surface area is 106 Å². The van der Waals surface area contributed by atoms with Gasteiger partial charge in [0.15, 0.2) is 5.15 Å². The van der Waals surface area contributed by atoms with Crippen LogP contribution in [0.1, 0.15) is 25.5 Å². The van der Waals surface area contributed by atoms with Gasteiger partial charge in [-0.15, -0.1) is 10.2 Å². The van der Waals surface area contributed by atoms with Crippen molar-refractivity contribution in [3.63, 3.8) is 0 Å². The smallest absolute Gasteiger partial charge is 0.245 e. The van der Waals surface area contributed by atoms with E-state index < -0.39 is 0 Å². The highest BCUT2D eigenvalue weighted by molar-refractivity contribution is 6.29. The number of rotatable bonds is 2. The first-order valence-corrected chi connectivity index (χ1v) is 6.24. The number of aliphatic hydroxyl groups is 1. The van der Waals surface area contributed by atoms with Crippen LogP contribution in [0, 0.1) is 12.8 Å². The Morgan fingerprint density at radius 2 is 2.18 bits per heavy atom. The summed E-state index contributed by atoms with van der Waals surface area (Å²) in [5.41, 5.74) is 0.690. The number of hydrogen-bond donors (Lipinski definition) is 1. The lowest BCUT2D eigenvalue weighted by Crippen LogP contribution is -2.44. The maximum absolute atomic E-state index is 9.24. The third kappa shape index (κ3) is 2.66. The fraction of sp³-hybridized carbons (Fsp3) is 0.727. The summed E-state index contributed by atoms with van der Waals surface area (Å²) in [4.78, 5) is 6.45. The topological polar surface area (TPSA) is 62.1 Å². The minimum Gasteiger partial charge on any atom is -0.396 e. The van der Waals surface area contributed by atoms with E-state index >= 15 is 0 Å². The fourth-order valence-corrected chi connectivity index (χ4v) is 2.19. The van der Waals surface area contributed by atoms with Crippen LogP contribution in [0.5, 0.6) is 0 Å². The van der Waals surface area contributed by atoms with Crippen molar-refractivity contribution >= 4 is 17.5 Å². The van der Waals surface area contributed by atoms with Crippen LogP contribution in [0.3, 0.4) is 0 Å². The Hall–Kier alpha value is -0.940. The molecule has 0 unspecified atom stereocenters. The summed E-state index contributed by atoms with van der Waals surface area (Å²) in [7, 11) is 0. The number of aliphatic hydroxyl groups excluding tert-OH is 1. The Kier molecular flexibility index (Phi) is 3.79. The van der Waals surface area contributed by atoms with Crippen LogP contribution in [0.2, 0.25) is 5.15 Å². The van der Waals surface area contributed by atoms with Gasteiger partial charge in [-0.2, -0.15) is 0 Å². The second-order valence-electron chi connectivity index (χ2n) is 4.62. The van der Waals surface area contributed by atoms with Gasteiger partial charge in [-0.25, -0.2) is 4.98 Å². The van der Waals surface area contributed by atoms with E-state index in [4.69, 9.17) is 11.6 Å². The van der Waals surface area contributed by atoms with Crippen LogP contribution in [-0.4, -0.2) is 39.5 Å². The molecule has 1 saturated heterocycles. The fourth-order valence-electron chi connectivity index (χ4n) is 2.11. The van der Waals surface area contributed by atoms with Crippen molar-refractivity contribution in [2.24, 2.45) is 5.92 Å². The molecule has 0 radical (unpaired) electrons. The third-order valence-corrected chi connectivity index (χ3v) is 3.64. The molecule has 0 aromatic carbocycles. The van der Waals surface area contributed by atoms with Crippen molar-refractivity contribution in [1.82, 2.24) is 15.2 Å². The summed E-state index contributed by atoms with van der Waals surface area (Å²) in [5, 5.41) is 17.5. The average molecular weight is 257 g/mol. The summed E-state index contributed by atoms with van der Waals surface area (Å²) >= 11 is 5.82. The van der Waals surface area contributed by atoms with E-state index in [2.05, 4.69) is 27.0 Å². The summed E-state index contributed by atoms with van der Waals surface area (Å²) in [5.74, 6) is 0.906. The maximum Gasteiger partial charge on any atom is 0.245 e. The molecule has 1 aromatic heterocycles. The minimum absolute atomic E-state index is 0.212. The van der Waals surface area contributed by atoms with Crippen LogP contribution in [-0.2, 0) is 0 Å². The third-order valence-electron chi connectivity index (χ3n) is 3.29. The zero-order chi connectivity index (χ0) is 12.4. The van der Waals surface area contributed by atoms with Crippen LogP contribution in [0.4, 0.5) is 5.95 Å². The predicted octanol–water partition coefficient (Wildman–Crippen LogP) is 1.43. The number of piperidine rings is 1. The van der Waals surface area contributed by atoms with Gasteiger partial charge in [0, 0.05) is 19.2 Å². The SMILES string of the molecule is Cc1nc(N2C[C@@H](CO)CC[C@H]2C)nnc1Cl. The molecule has 0 bridgehead atoms. The monoisotopic (exact) mass is 256 g/mol. The summed E-state index contributed by atoms with van der Waals surface area (Å²) in [6.45, 7) is 4.95.